The van der Waals surface area contributed by atoms with Crippen LogP contribution >= 0.6 is 0 Å². The molecule has 0 radical (unpaired) electrons. The van der Waals surface area contributed by atoms with Gasteiger partial charge in [0.05, 0.1) is 28.4 Å². The van der Waals surface area contributed by atoms with Gasteiger partial charge in [-0.3, -0.25) is 0 Å². The number of nitrogens with zero attached hydrogens (tertiary/aromatic N) is 8. The fourth-order valence-electron chi connectivity index (χ4n) is 6.02. The molecular formula is C39H26N8. The summed E-state index contributed by atoms with van der Waals surface area (Å²) in [6, 6.07) is 42.3. The van der Waals surface area contributed by atoms with Crippen molar-refractivity contribution in [3.8, 4) is 57.3 Å². The molecular weight excluding hydrogens is 580 g/mol. The van der Waals surface area contributed by atoms with Gasteiger partial charge in [0, 0.05) is 33.0 Å². The topological polar surface area (TPSA) is 106 Å². The van der Waals surface area contributed by atoms with Crippen LogP contribution in [0, 0.1) is 25.2 Å². The Morgan fingerprint density at radius 1 is 0.489 bits per heavy atom. The minimum absolute atomic E-state index is 0.510. The predicted octanol–water partition coefficient (Wildman–Crippen LogP) is 8.31. The largest absolute Gasteiger partial charge is 0.308 e. The van der Waals surface area contributed by atoms with Crippen molar-refractivity contribution in [1.29, 1.82) is 5.26 Å². The van der Waals surface area contributed by atoms with Crippen molar-refractivity contribution in [2.24, 2.45) is 0 Å². The van der Waals surface area contributed by atoms with E-state index in [0.717, 1.165) is 49.7 Å². The van der Waals surface area contributed by atoms with Gasteiger partial charge in [-0.1, -0.05) is 78.9 Å². The van der Waals surface area contributed by atoms with E-state index in [4.69, 9.17) is 15.0 Å². The summed E-state index contributed by atoms with van der Waals surface area (Å²) in [4.78, 5) is 28.5. The average molecular weight is 607 g/mol. The van der Waals surface area contributed by atoms with Crippen molar-refractivity contribution in [2.45, 2.75) is 13.8 Å². The summed E-state index contributed by atoms with van der Waals surface area (Å²) in [5.74, 6) is 3.63. The molecule has 0 amide bonds. The molecule has 47 heavy (non-hydrogen) atoms. The van der Waals surface area contributed by atoms with Crippen LogP contribution in [0.3, 0.4) is 0 Å². The molecule has 0 saturated heterocycles. The maximum atomic E-state index is 10.0. The van der Waals surface area contributed by atoms with Crippen LogP contribution < -0.4 is 0 Å². The van der Waals surface area contributed by atoms with Crippen molar-refractivity contribution in [3.05, 3.63) is 139 Å². The summed E-state index contributed by atoms with van der Waals surface area (Å²) in [6.07, 6.45) is 0. The van der Waals surface area contributed by atoms with Gasteiger partial charge in [-0.15, -0.1) is 0 Å². The van der Waals surface area contributed by atoms with Gasteiger partial charge in [-0.25, -0.2) is 29.9 Å². The van der Waals surface area contributed by atoms with Crippen LogP contribution in [0.15, 0.2) is 121 Å². The SMILES string of the molecule is Cc1nc(C)nc(-c2ccc3c(c2)c2ccccc2n3-c2cc(C#N)ccc2-c2nc(-c3ccccc3)nc(-c3ccccc3)n2)n1. The molecule has 0 saturated carbocycles. The van der Waals surface area contributed by atoms with E-state index in [-0.39, 0.29) is 0 Å². The van der Waals surface area contributed by atoms with Crippen LogP contribution in [0.5, 0.6) is 0 Å². The summed E-state index contributed by atoms with van der Waals surface area (Å²) >= 11 is 0. The lowest BCUT2D eigenvalue weighted by molar-refractivity contribution is 0.929. The van der Waals surface area contributed by atoms with Crippen LogP contribution in [0.25, 0.3) is 73.0 Å². The van der Waals surface area contributed by atoms with Crippen molar-refractivity contribution < 1.29 is 0 Å². The number of hydrogen-bond donors (Lipinski definition) is 0. The normalized spacial score (nSPS) is 11.2. The lowest BCUT2D eigenvalue weighted by Crippen LogP contribution is -2.04. The zero-order valence-electron chi connectivity index (χ0n) is 25.6. The highest BCUT2D eigenvalue weighted by atomic mass is 15.1. The van der Waals surface area contributed by atoms with Crippen LogP contribution in [0.2, 0.25) is 0 Å². The fourth-order valence-corrected chi connectivity index (χ4v) is 6.02. The van der Waals surface area contributed by atoms with Gasteiger partial charge in [0.15, 0.2) is 23.3 Å². The first-order chi connectivity index (χ1) is 23.1. The summed E-state index contributed by atoms with van der Waals surface area (Å²) < 4.78 is 2.18. The van der Waals surface area contributed by atoms with Crippen molar-refractivity contribution >= 4 is 21.8 Å². The van der Waals surface area contributed by atoms with Gasteiger partial charge in [-0.05, 0) is 56.3 Å². The molecule has 8 rings (SSSR count). The molecule has 8 aromatic rings. The van der Waals surface area contributed by atoms with Crippen molar-refractivity contribution in [3.63, 3.8) is 0 Å². The minimum atomic E-state index is 0.510. The maximum absolute atomic E-state index is 10.0. The molecule has 0 spiro atoms. The lowest BCUT2D eigenvalue weighted by Gasteiger charge is -2.15. The summed E-state index contributed by atoms with van der Waals surface area (Å²) in [5, 5.41) is 12.1. The number of aryl methyl sites for hydroxylation is 2. The van der Waals surface area contributed by atoms with Crippen molar-refractivity contribution in [1.82, 2.24) is 34.5 Å². The van der Waals surface area contributed by atoms with Gasteiger partial charge >= 0.3 is 0 Å². The molecule has 0 unspecified atom stereocenters. The Balaban J connectivity index is 1.40. The van der Waals surface area contributed by atoms with Gasteiger partial charge in [0.2, 0.25) is 0 Å². The van der Waals surface area contributed by atoms with E-state index in [1.54, 1.807) is 0 Å². The van der Waals surface area contributed by atoms with Gasteiger partial charge in [0.1, 0.15) is 11.6 Å². The van der Waals surface area contributed by atoms with Gasteiger partial charge in [-0.2, -0.15) is 5.26 Å². The summed E-state index contributed by atoms with van der Waals surface area (Å²) in [7, 11) is 0. The zero-order valence-corrected chi connectivity index (χ0v) is 25.6. The number of rotatable bonds is 5. The first-order valence-electron chi connectivity index (χ1n) is 15.2. The Labute approximate surface area is 270 Å². The Morgan fingerprint density at radius 3 is 1.72 bits per heavy atom. The third kappa shape index (κ3) is 5.06. The smallest absolute Gasteiger partial charge is 0.166 e. The standard InChI is InChI=1S/C39H26N8/c1-24-41-25(2)43-38(42-24)29-18-20-34-32(22-29)30-15-9-10-16-33(30)47(34)35-21-26(23-40)17-19-31(35)39-45-36(27-11-5-3-6-12-27)44-37(46-39)28-13-7-4-8-14-28/h3-22H,1-2H3. The van der Waals surface area contributed by atoms with E-state index in [1.807, 2.05) is 111 Å². The van der Waals surface area contributed by atoms with E-state index in [1.165, 1.54) is 0 Å². The number of nitriles is 1. The molecule has 5 aromatic carbocycles. The molecule has 8 heteroatoms. The van der Waals surface area contributed by atoms with E-state index in [9.17, 15) is 5.26 Å². The monoisotopic (exact) mass is 606 g/mol. The van der Waals surface area contributed by atoms with Crippen LogP contribution in [0.4, 0.5) is 0 Å². The molecule has 3 heterocycles. The molecule has 0 aliphatic heterocycles. The fraction of sp³-hybridized carbons (Fsp3) is 0.0513. The second-order valence-corrected chi connectivity index (χ2v) is 11.2. The van der Waals surface area contributed by atoms with Gasteiger partial charge < -0.3 is 4.57 Å². The number of hydrogen-bond acceptors (Lipinski definition) is 7. The number of fused-ring (bicyclic) bond motifs is 3. The third-order valence-corrected chi connectivity index (χ3v) is 8.10. The summed E-state index contributed by atoms with van der Waals surface area (Å²) in [5.41, 5.74) is 6.72. The average Bonchev–Trinajstić information content (AvgIpc) is 3.45. The second-order valence-electron chi connectivity index (χ2n) is 11.2. The van der Waals surface area contributed by atoms with Crippen LogP contribution in [-0.4, -0.2) is 34.5 Å². The second kappa shape index (κ2) is 11.4. The highest BCUT2D eigenvalue weighted by Gasteiger charge is 2.20. The number of benzene rings is 5. The van der Waals surface area contributed by atoms with Crippen molar-refractivity contribution in [2.75, 3.05) is 0 Å². The molecule has 0 aliphatic rings. The molecule has 8 nitrogen and oxygen atoms in total. The molecule has 0 fully saturated rings. The Morgan fingerprint density at radius 2 is 1.06 bits per heavy atom. The van der Waals surface area contributed by atoms with E-state index in [0.29, 0.717) is 40.5 Å². The van der Waals surface area contributed by atoms with Crippen LogP contribution in [0.1, 0.15) is 17.2 Å². The van der Waals surface area contributed by atoms with Gasteiger partial charge in [0.25, 0.3) is 0 Å². The predicted molar refractivity (Wildman–Crippen MR) is 183 cm³/mol. The molecule has 3 aromatic heterocycles. The Hall–Kier alpha value is -6.59. The molecule has 0 atom stereocenters. The first-order valence-corrected chi connectivity index (χ1v) is 15.2. The van der Waals surface area contributed by atoms with Crippen LogP contribution in [-0.2, 0) is 0 Å². The number of aromatic nitrogens is 7. The van der Waals surface area contributed by atoms with E-state index in [2.05, 4.69) is 49.9 Å². The zero-order chi connectivity index (χ0) is 31.9. The Bertz CT molecular complexity index is 2420. The molecule has 0 bridgehead atoms. The minimum Gasteiger partial charge on any atom is -0.308 e. The molecule has 0 N–H and O–H groups in total. The lowest BCUT2D eigenvalue weighted by atomic mass is 10.1. The third-order valence-electron chi connectivity index (χ3n) is 8.10. The first kappa shape index (κ1) is 27.9. The van der Waals surface area contributed by atoms with E-state index >= 15 is 0 Å². The highest BCUT2D eigenvalue weighted by molar-refractivity contribution is 6.10. The van der Waals surface area contributed by atoms with E-state index < -0.39 is 0 Å². The highest BCUT2D eigenvalue weighted by Crippen LogP contribution is 2.38. The molecule has 222 valence electrons. The summed E-state index contributed by atoms with van der Waals surface area (Å²) in [6.45, 7) is 3.75. The molecule has 0 aliphatic carbocycles. The maximum Gasteiger partial charge on any atom is 0.166 e. The number of para-hydroxylation sites is 1. The quantitative estimate of drug-likeness (QED) is 0.194. The Kier molecular flexibility index (Phi) is 6.77.